The number of nitrogens with one attached hydrogen (secondary N) is 1. The summed E-state index contributed by atoms with van der Waals surface area (Å²) in [7, 11) is 3.23. The molecule has 5 nitrogen and oxygen atoms in total. The number of fused-ring (bicyclic) bond motifs is 5. The normalized spacial score (nSPS) is 20.5. The number of H-pyrrole nitrogens is 1. The van der Waals surface area contributed by atoms with Gasteiger partial charge in [0.1, 0.15) is 0 Å². The highest BCUT2D eigenvalue weighted by Crippen LogP contribution is 2.40. The summed E-state index contributed by atoms with van der Waals surface area (Å²) in [6, 6.07) is 3.80. The Morgan fingerprint density at radius 2 is 1.83 bits per heavy atom. The summed E-state index contributed by atoms with van der Waals surface area (Å²) in [5.41, 5.74) is 4.89. The SMILES string of the molecule is COc1cc2[nH]c3c4c(n(C5=CCC(C)C=C5)c(=O)c3c2cc1OC)C(C)CC=C4. The van der Waals surface area contributed by atoms with Gasteiger partial charge in [-0.2, -0.15) is 0 Å². The molecule has 2 atom stereocenters. The van der Waals surface area contributed by atoms with Crippen LogP contribution in [0.2, 0.25) is 0 Å². The molecule has 1 N–H and O–H groups in total. The van der Waals surface area contributed by atoms with E-state index in [0.717, 1.165) is 46.2 Å². The van der Waals surface area contributed by atoms with Crippen LogP contribution in [0.25, 0.3) is 33.6 Å². The van der Waals surface area contributed by atoms with Crippen molar-refractivity contribution in [2.45, 2.75) is 32.6 Å². The van der Waals surface area contributed by atoms with Crippen LogP contribution in [0.15, 0.2) is 41.2 Å². The van der Waals surface area contributed by atoms with E-state index < -0.39 is 0 Å². The molecule has 2 aliphatic rings. The molecule has 154 valence electrons. The van der Waals surface area contributed by atoms with Gasteiger partial charge in [0.15, 0.2) is 11.5 Å². The van der Waals surface area contributed by atoms with Crippen molar-refractivity contribution in [3.05, 3.63) is 58.0 Å². The van der Waals surface area contributed by atoms with Gasteiger partial charge in [0.2, 0.25) is 0 Å². The minimum absolute atomic E-state index is 0.00910. The van der Waals surface area contributed by atoms with E-state index in [1.165, 1.54) is 0 Å². The van der Waals surface area contributed by atoms with Crippen molar-refractivity contribution >= 4 is 33.6 Å². The Balaban J connectivity index is 1.93. The zero-order chi connectivity index (χ0) is 21.0. The molecule has 30 heavy (non-hydrogen) atoms. The minimum atomic E-state index is 0.00910. The lowest BCUT2D eigenvalue weighted by Gasteiger charge is -2.25. The molecular formula is C25H26N2O3. The maximum absolute atomic E-state index is 13.9. The van der Waals surface area contributed by atoms with E-state index in [1.54, 1.807) is 14.2 Å². The topological polar surface area (TPSA) is 56.2 Å². The summed E-state index contributed by atoms with van der Waals surface area (Å²) in [5, 5.41) is 1.54. The number of hydrogen-bond acceptors (Lipinski definition) is 3. The van der Waals surface area contributed by atoms with Gasteiger partial charge in [-0.1, -0.05) is 38.2 Å². The number of methoxy groups -OCH3 is 2. The van der Waals surface area contributed by atoms with Crippen LogP contribution in [0.4, 0.5) is 0 Å². The summed E-state index contributed by atoms with van der Waals surface area (Å²) in [4.78, 5) is 17.4. The van der Waals surface area contributed by atoms with Crippen LogP contribution in [-0.2, 0) is 0 Å². The molecule has 0 fully saturated rings. The fraction of sp³-hybridized carbons (Fsp3) is 0.320. The van der Waals surface area contributed by atoms with Crippen LogP contribution in [0, 0.1) is 5.92 Å². The van der Waals surface area contributed by atoms with Gasteiger partial charge in [-0.05, 0) is 30.9 Å². The molecule has 2 aliphatic carbocycles. The zero-order valence-electron chi connectivity index (χ0n) is 17.8. The van der Waals surface area contributed by atoms with E-state index in [-0.39, 0.29) is 11.5 Å². The molecule has 1 aromatic carbocycles. The first-order chi connectivity index (χ1) is 14.5. The second kappa shape index (κ2) is 6.94. The van der Waals surface area contributed by atoms with E-state index in [0.29, 0.717) is 22.8 Å². The Kier molecular flexibility index (Phi) is 4.35. The molecule has 0 saturated carbocycles. The quantitative estimate of drug-likeness (QED) is 0.633. The molecule has 0 amide bonds. The van der Waals surface area contributed by atoms with Crippen molar-refractivity contribution < 1.29 is 9.47 Å². The van der Waals surface area contributed by atoms with Crippen LogP contribution < -0.4 is 15.0 Å². The van der Waals surface area contributed by atoms with Crippen molar-refractivity contribution in [2.24, 2.45) is 5.92 Å². The second-order valence-electron chi connectivity index (χ2n) is 8.31. The monoisotopic (exact) mass is 402 g/mol. The number of aromatic nitrogens is 2. The van der Waals surface area contributed by atoms with Gasteiger partial charge in [0.25, 0.3) is 5.56 Å². The third-order valence-corrected chi connectivity index (χ3v) is 6.30. The molecule has 0 saturated heterocycles. The lowest BCUT2D eigenvalue weighted by Crippen LogP contribution is -2.26. The van der Waals surface area contributed by atoms with E-state index >= 15 is 0 Å². The highest BCUT2D eigenvalue weighted by Gasteiger charge is 2.26. The average molecular weight is 402 g/mol. The lowest BCUT2D eigenvalue weighted by atomic mass is 9.90. The standard InChI is InChI=1S/C25H26N2O3/c1-14-8-10-16(11-9-14)27-24-15(2)6-5-7-17(24)23-22(25(27)28)18-12-20(29-3)21(30-4)13-19(18)26-23/h5,7-8,10-15,26H,6,9H2,1-4H3. The summed E-state index contributed by atoms with van der Waals surface area (Å²) >= 11 is 0. The molecule has 2 aromatic heterocycles. The van der Waals surface area contributed by atoms with Crippen molar-refractivity contribution in [1.29, 1.82) is 0 Å². The smallest absolute Gasteiger partial charge is 0.265 e. The van der Waals surface area contributed by atoms with Crippen LogP contribution in [0.5, 0.6) is 11.5 Å². The summed E-state index contributed by atoms with van der Waals surface area (Å²) in [5.74, 6) is 2.00. The van der Waals surface area contributed by atoms with Crippen LogP contribution in [0.1, 0.15) is 43.9 Å². The second-order valence-corrected chi connectivity index (χ2v) is 8.31. The van der Waals surface area contributed by atoms with E-state index in [4.69, 9.17) is 9.47 Å². The summed E-state index contributed by atoms with van der Waals surface area (Å²) in [6.45, 7) is 4.38. The maximum Gasteiger partial charge on any atom is 0.265 e. The van der Waals surface area contributed by atoms with Crippen LogP contribution in [0.3, 0.4) is 0 Å². The summed E-state index contributed by atoms with van der Waals surface area (Å²) in [6.07, 6.45) is 12.7. The highest BCUT2D eigenvalue weighted by molar-refractivity contribution is 6.10. The fourth-order valence-electron chi connectivity index (χ4n) is 4.71. The third-order valence-electron chi connectivity index (χ3n) is 6.30. The molecule has 5 rings (SSSR count). The Bertz CT molecular complexity index is 1320. The van der Waals surface area contributed by atoms with Gasteiger partial charge in [-0.25, -0.2) is 0 Å². The fourth-order valence-corrected chi connectivity index (χ4v) is 4.71. The van der Waals surface area contributed by atoms with Crippen molar-refractivity contribution in [3.8, 4) is 11.5 Å². The molecule has 0 spiro atoms. The van der Waals surface area contributed by atoms with Gasteiger partial charge in [0, 0.05) is 34.3 Å². The number of allylic oxidation sites excluding steroid dienone is 5. The van der Waals surface area contributed by atoms with Gasteiger partial charge in [0.05, 0.1) is 30.6 Å². The lowest BCUT2D eigenvalue weighted by molar-refractivity contribution is 0.356. The predicted molar refractivity (Wildman–Crippen MR) is 122 cm³/mol. The summed E-state index contributed by atoms with van der Waals surface area (Å²) < 4.78 is 12.9. The molecule has 0 radical (unpaired) electrons. The van der Waals surface area contributed by atoms with Crippen molar-refractivity contribution in [1.82, 2.24) is 9.55 Å². The molecular weight excluding hydrogens is 376 g/mol. The Hall–Kier alpha value is -3.21. The van der Waals surface area contributed by atoms with Crippen molar-refractivity contribution in [3.63, 3.8) is 0 Å². The first-order valence-corrected chi connectivity index (χ1v) is 10.4. The number of rotatable bonds is 3. The molecule has 3 aromatic rings. The van der Waals surface area contributed by atoms with Gasteiger partial charge < -0.3 is 14.5 Å². The van der Waals surface area contributed by atoms with E-state index in [2.05, 4.69) is 49.2 Å². The van der Waals surface area contributed by atoms with Gasteiger partial charge in [-0.3, -0.25) is 9.36 Å². The zero-order valence-corrected chi connectivity index (χ0v) is 17.8. The molecule has 0 bridgehead atoms. The molecule has 0 aliphatic heterocycles. The largest absolute Gasteiger partial charge is 0.493 e. The highest BCUT2D eigenvalue weighted by atomic mass is 16.5. The first-order valence-electron chi connectivity index (χ1n) is 10.4. The van der Waals surface area contributed by atoms with E-state index in [1.807, 2.05) is 16.7 Å². The number of hydrogen-bond donors (Lipinski definition) is 1. The maximum atomic E-state index is 13.9. The molecule has 5 heteroatoms. The third kappa shape index (κ3) is 2.65. The van der Waals surface area contributed by atoms with Gasteiger partial charge >= 0.3 is 0 Å². The number of pyridine rings is 1. The van der Waals surface area contributed by atoms with Crippen molar-refractivity contribution in [2.75, 3.05) is 14.2 Å². The van der Waals surface area contributed by atoms with Gasteiger partial charge in [-0.15, -0.1) is 0 Å². The Labute approximate surface area is 175 Å². The minimum Gasteiger partial charge on any atom is -0.493 e. The number of ether oxygens (including phenoxy) is 2. The number of nitrogens with zero attached hydrogens (tertiary/aromatic N) is 1. The average Bonchev–Trinajstić information content (AvgIpc) is 3.13. The predicted octanol–water partition coefficient (Wildman–Crippen LogP) is 5.46. The molecule has 2 unspecified atom stereocenters. The van der Waals surface area contributed by atoms with Crippen LogP contribution >= 0.6 is 0 Å². The first kappa shape index (κ1) is 18.8. The number of benzene rings is 1. The van der Waals surface area contributed by atoms with Crippen LogP contribution in [-0.4, -0.2) is 23.8 Å². The molecule has 2 heterocycles. The Morgan fingerprint density at radius 3 is 2.53 bits per heavy atom. The number of aromatic amines is 1. The Morgan fingerprint density at radius 1 is 1.07 bits per heavy atom. The van der Waals surface area contributed by atoms with E-state index in [9.17, 15) is 4.79 Å².